The van der Waals surface area contributed by atoms with Crippen molar-refractivity contribution in [2.75, 3.05) is 9.80 Å². The first-order chi connectivity index (χ1) is 49.4. The number of furan rings is 2. The number of ether oxygens (including phenoxy) is 2. The highest BCUT2D eigenvalue weighted by atomic mass is 35.5. The molecule has 17 aromatic rings. The first kappa shape index (κ1) is 57.9. The third-order valence-electron chi connectivity index (χ3n) is 20.8. The van der Waals surface area contributed by atoms with Crippen LogP contribution in [0.1, 0.15) is 44.5 Å². The largest absolute Gasteiger partial charge is 0.457 e. The summed E-state index contributed by atoms with van der Waals surface area (Å²) in [6.07, 6.45) is 0. The van der Waals surface area contributed by atoms with E-state index in [1.807, 2.05) is 48.5 Å². The average Bonchev–Trinajstić information content (AvgIpc) is 1.45. The van der Waals surface area contributed by atoms with E-state index >= 15 is 0 Å². The Kier molecular flexibility index (Phi) is 13.1. The van der Waals surface area contributed by atoms with Gasteiger partial charge in [0.1, 0.15) is 39.6 Å². The molecule has 4 aliphatic rings. The fourth-order valence-corrected chi connectivity index (χ4v) is 17.2. The highest BCUT2D eigenvalue weighted by Crippen LogP contribution is 2.67. The van der Waals surface area contributed by atoms with Crippen LogP contribution in [0.25, 0.3) is 77.3 Å². The number of rotatable bonds is 7. The van der Waals surface area contributed by atoms with E-state index in [9.17, 15) is 0 Å². The summed E-state index contributed by atoms with van der Waals surface area (Å²) in [6, 6.07) is 119. The molecule has 0 atom stereocenters. The van der Waals surface area contributed by atoms with Gasteiger partial charge in [0, 0.05) is 77.8 Å². The van der Waals surface area contributed by atoms with Gasteiger partial charge in [0.2, 0.25) is 0 Å². The number of nitrogens with zero attached hydrogens (tertiary/aromatic N) is 2. The van der Waals surface area contributed by atoms with Crippen LogP contribution >= 0.6 is 23.2 Å². The zero-order chi connectivity index (χ0) is 66.2. The Hall–Kier alpha value is -12.3. The van der Waals surface area contributed by atoms with Gasteiger partial charge in [-0.15, -0.1) is 0 Å². The van der Waals surface area contributed by atoms with Crippen molar-refractivity contribution in [1.82, 2.24) is 0 Å². The van der Waals surface area contributed by atoms with Crippen molar-refractivity contribution in [3.63, 3.8) is 0 Å². The van der Waals surface area contributed by atoms with Gasteiger partial charge in [-0.1, -0.05) is 242 Å². The van der Waals surface area contributed by atoms with E-state index in [4.69, 9.17) is 41.5 Å². The van der Waals surface area contributed by atoms with E-state index in [2.05, 4.69) is 301 Å². The molecule has 0 fully saturated rings. The summed E-state index contributed by atoms with van der Waals surface area (Å²) in [7, 11) is 0. The minimum absolute atomic E-state index is 0.593. The van der Waals surface area contributed by atoms with Crippen molar-refractivity contribution in [3.05, 3.63) is 394 Å². The van der Waals surface area contributed by atoms with Crippen LogP contribution in [-0.2, 0) is 10.8 Å². The predicted octanol–water partition coefficient (Wildman–Crippen LogP) is 26.0. The number of para-hydroxylation sites is 5. The third kappa shape index (κ3) is 8.45. The summed E-state index contributed by atoms with van der Waals surface area (Å²) in [6.45, 7) is 0. The van der Waals surface area contributed by atoms with E-state index in [1.54, 1.807) is 0 Å². The minimum Gasteiger partial charge on any atom is -0.457 e. The van der Waals surface area contributed by atoms with Gasteiger partial charge in [0.15, 0.2) is 5.75 Å². The molecule has 472 valence electrons. The summed E-state index contributed by atoms with van der Waals surface area (Å²) in [5.41, 5.74) is 24.3. The van der Waals surface area contributed by atoms with Gasteiger partial charge in [-0.3, -0.25) is 0 Å². The van der Waals surface area contributed by atoms with Gasteiger partial charge in [0.25, 0.3) is 0 Å². The standard InChI is InChI=1S/C49H30ClNO2.C43H26ClNO2/c50-32-23-27-45-41(29-32)49(39-20-10-7-17-36(39)37-18-8-11-21-40(37)49)42-30-34(24-28-46(42)52-45)51(33-15-5-2-6-16-33)43-26-25-35(31-13-3-1-4-14-31)48-47(43)38-19-9-12-22-44(38)53-48;44-36-20-10-19-35-42(36)47-39-23-11-21-37(41(39)43(35)33-17-7-4-14-29(33)30-15-5-8-18-34(30)43)45(27-12-2-1-3-13-27)28-24-25-32-31-16-6-9-22-38(31)46-40(32)26-28/h1-30H;1-26H. The van der Waals surface area contributed by atoms with Crippen molar-refractivity contribution < 1.29 is 18.3 Å². The maximum atomic E-state index is 6.96. The number of fused-ring (bicyclic) bond motifs is 24. The zero-order valence-electron chi connectivity index (χ0n) is 53.6. The number of anilines is 6. The molecule has 0 unspecified atom stereocenters. The molecule has 2 aliphatic carbocycles. The molecule has 100 heavy (non-hydrogen) atoms. The van der Waals surface area contributed by atoms with Crippen LogP contribution in [0.3, 0.4) is 0 Å². The van der Waals surface area contributed by atoms with Crippen LogP contribution in [0.15, 0.2) is 349 Å². The molecule has 8 heteroatoms. The van der Waals surface area contributed by atoms with E-state index in [-0.39, 0.29) is 0 Å². The molecule has 0 radical (unpaired) electrons. The number of halogens is 2. The second kappa shape index (κ2) is 22.6. The first-order valence-electron chi connectivity index (χ1n) is 33.7. The second-order valence-electron chi connectivity index (χ2n) is 25.9. The molecule has 0 amide bonds. The van der Waals surface area contributed by atoms with Crippen LogP contribution in [0.5, 0.6) is 23.0 Å². The maximum Gasteiger partial charge on any atom is 0.150 e. The molecule has 15 aromatic carbocycles. The first-order valence-corrected chi connectivity index (χ1v) is 34.4. The average molecular weight is 1320 g/mol. The lowest BCUT2D eigenvalue weighted by Gasteiger charge is -2.42. The van der Waals surface area contributed by atoms with Gasteiger partial charge >= 0.3 is 0 Å². The molecular weight excluding hydrogens is 1270 g/mol. The van der Waals surface area contributed by atoms with Crippen molar-refractivity contribution >= 4 is 101 Å². The number of benzene rings is 15. The highest BCUT2D eigenvalue weighted by molar-refractivity contribution is 6.32. The van der Waals surface area contributed by atoms with Crippen LogP contribution in [-0.4, -0.2) is 0 Å². The molecule has 4 heterocycles. The summed E-state index contributed by atoms with van der Waals surface area (Å²) in [5.74, 6) is 3.10. The van der Waals surface area contributed by atoms with Gasteiger partial charge in [-0.05, 0) is 165 Å². The Morgan fingerprint density at radius 1 is 0.280 bits per heavy atom. The Morgan fingerprint density at radius 3 is 1.44 bits per heavy atom. The molecular formula is C92H56Cl2N2O4. The van der Waals surface area contributed by atoms with Crippen LogP contribution in [0, 0.1) is 0 Å². The summed E-state index contributed by atoms with van der Waals surface area (Å²) in [5, 5.41) is 5.59. The van der Waals surface area contributed by atoms with E-state index in [0.717, 1.165) is 129 Å². The lowest BCUT2D eigenvalue weighted by molar-refractivity contribution is 0.436. The van der Waals surface area contributed by atoms with Crippen LogP contribution < -0.4 is 19.3 Å². The molecule has 21 rings (SSSR count). The molecule has 0 saturated heterocycles. The fraction of sp³-hybridized carbons (Fsp3) is 0.0217. The zero-order valence-corrected chi connectivity index (χ0v) is 55.1. The molecule has 0 bridgehead atoms. The van der Waals surface area contributed by atoms with E-state index in [0.29, 0.717) is 15.8 Å². The van der Waals surface area contributed by atoms with Crippen LogP contribution in [0.2, 0.25) is 10.0 Å². The predicted molar refractivity (Wildman–Crippen MR) is 407 cm³/mol. The monoisotopic (exact) mass is 1320 g/mol. The topological polar surface area (TPSA) is 51.2 Å². The second-order valence-corrected chi connectivity index (χ2v) is 26.7. The Balaban J connectivity index is 0.000000136. The maximum absolute atomic E-state index is 6.96. The molecule has 0 N–H and O–H groups in total. The van der Waals surface area contributed by atoms with Crippen molar-refractivity contribution in [2.45, 2.75) is 10.8 Å². The number of hydrogen-bond acceptors (Lipinski definition) is 6. The SMILES string of the molecule is Clc1ccc2c(c1)C1(c3cc(N(c4ccccc4)c4ccc(-c5ccccc5)c5oc6ccccc6c45)ccc3O2)c2ccccc2-c2ccccc21.Clc1cccc2c1Oc1cccc(N(c3ccccc3)c3ccc4c(c3)oc3ccccc34)c1C21c2ccccc2-c2ccccc21. The Morgan fingerprint density at radius 2 is 0.780 bits per heavy atom. The third-order valence-corrected chi connectivity index (χ3v) is 21.3. The van der Waals surface area contributed by atoms with Gasteiger partial charge in [0.05, 0.1) is 32.6 Å². The molecule has 6 nitrogen and oxygen atoms in total. The number of hydrogen-bond donors (Lipinski definition) is 0. The highest BCUT2D eigenvalue weighted by Gasteiger charge is 2.54. The Labute approximate surface area is 586 Å². The van der Waals surface area contributed by atoms with Crippen LogP contribution in [0.4, 0.5) is 34.1 Å². The lowest BCUT2D eigenvalue weighted by Crippen LogP contribution is -2.34. The molecule has 2 aliphatic heterocycles. The van der Waals surface area contributed by atoms with Crippen molar-refractivity contribution in [3.8, 4) is 56.4 Å². The van der Waals surface area contributed by atoms with Gasteiger partial charge in [-0.25, -0.2) is 0 Å². The molecule has 2 spiro atoms. The van der Waals surface area contributed by atoms with Crippen molar-refractivity contribution in [1.29, 1.82) is 0 Å². The molecule has 2 aromatic heterocycles. The minimum atomic E-state index is -0.686. The summed E-state index contributed by atoms with van der Waals surface area (Å²) in [4.78, 5) is 4.68. The fourth-order valence-electron chi connectivity index (χ4n) is 16.8. The quantitative estimate of drug-likeness (QED) is 0.158. The lowest BCUT2D eigenvalue weighted by atomic mass is 9.65. The summed E-state index contributed by atoms with van der Waals surface area (Å²) >= 11 is 13.8. The van der Waals surface area contributed by atoms with E-state index in [1.165, 1.54) is 44.5 Å². The smallest absolute Gasteiger partial charge is 0.150 e. The van der Waals surface area contributed by atoms with Gasteiger partial charge < -0.3 is 28.1 Å². The normalized spacial score (nSPS) is 13.4. The Bertz CT molecular complexity index is 6090. The van der Waals surface area contributed by atoms with E-state index < -0.39 is 10.8 Å². The van der Waals surface area contributed by atoms with Gasteiger partial charge in [-0.2, -0.15) is 0 Å². The molecule has 0 saturated carbocycles. The summed E-state index contributed by atoms with van der Waals surface area (Å²) < 4.78 is 26.7. The van der Waals surface area contributed by atoms with Crippen molar-refractivity contribution in [2.24, 2.45) is 0 Å².